The van der Waals surface area contributed by atoms with Crippen LogP contribution in [0.4, 0.5) is 11.5 Å². The van der Waals surface area contributed by atoms with Crippen molar-refractivity contribution < 1.29 is 4.79 Å². The molecule has 1 amide bonds. The number of aromatic nitrogens is 2. The van der Waals surface area contributed by atoms with Crippen molar-refractivity contribution in [3.63, 3.8) is 0 Å². The first-order valence-electron chi connectivity index (χ1n) is 5.39. The third-order valence-electron chi connectivity index (χ3n) is 2.70. The topological polar surface area (TPSA) is 84.1 Å². The normalized spacial score (nSPS) is 16.6. The van der Waals surface area contributed by atoms with Gasteiger partial charge in [0.05, 0.1) is 11.4 Å². The van der Waals surface area contributed by atoms with E-state index in [-0.39, 0.29) is 11.2 Å². The number of nitrogens with zero attached hydrogens (tertiary/aromatic N) is 3. The minimum absolute atomic E-state index is 0.0444. The van der Waals surface area contributed by atoms with Gasteiger partial charge in [0.1, 0.15) is 0 Å². The second-order valence-electron chi connectivity index (χ2n) is 3.90. The van der Waals surface area contributed by atoms with Gasteiger partial charge >= 0.3 is 0 Å². The maximum atomic E-state index is 11.3. The summed E-state index contributed by atoms with van der Waals surface area (Å²) in [6.07, 6.45) is 0.431. The monoisotopic (exact) mass is 255 g/mol. The van der Waals surface area contributed by atoms with Crippen LogP contribution in [0, 0.1) is 6.92 Å². The van der Waals surface area contributed by atoms with Crippen LogP contribution in [-0.2, 0) is 4.79 Å². The SMILES string of the molecule is Cc1nc(Cl)nc(N2CCNC(=O)CC2)c1N. The average molecular weight is 256 g/mol. The third kappa shape index (κ3) is 2.58. The van der Waals surface area contributed by atoms with Crippen LogP contribution in [0.5, 0.6) is 0 Å². The fraction of sp³-hybridized carbons (Fsp3) is 0.500. The summed E-state index contributed by atoms with van der Waals surface area (Å²) in [6.45, 7) is 3.62. The van der Waals surface area contributed by atoms with Crippen molar-refractivity contribution in [2.45, 2.75) is 13.3 Å². The number of aryl methyl sites for hydroxylation is 1. The number of hydrogen-bond donors (Lipinski definition) is 2. The predicted octanol–water partition coefficient (Wildman–Crippen LogP) is 0.347. The Labute approximate surface area is 104 Å². The van der Waals surface area contributed by atoms with Crippen molar-refractivity contribution in [1.29, 1.82) is 0 Å². The molecule has 17 heavy (non-hydrogen) atoms. The maximum absolute atomic E-state index is 11.3. The van der Waals surface area contributed by atoms with Gasteiger partial charge in [-0.2, -0.15) is 4.98 Å². The van der Waals surface area contributed by atoms with E-state index in [9.17, 15) is 4.79 Å². The molecule has 0 unspecified atom stereocenters. The lowest BCUT2D eigenvalue weighted by Crippen LogP contribution is -2.30. The first-order valence-corrected chi connectivity index (χ1v) is 5.77. The molecule has 7 heteroatoms. The number of nitrogens with two attached hydrogens (primary N) is 1. The number of carbonyl (C=O) groups is 1. The van der Waals surface area contributed by atoms with Gasteiger partial charge in [-0.25, -0.2) is 4.98 Å². The van der Waals surface area contributed by atoms with Gasteiger partial charge < -0.3 is 16.0 Å². The fourth-order valence-electron chi connectivity index (χ4n) is 1.75. The van der Waals surface area contributed by atoms with Gasteiger partial charge in [-0.3, -0.25) is 4.79 Å². The van der Waals surface area contributed by atoms with Crippen LogP contribution in [-0.4, -0.2) is 35.5 Å². The number of amides is 1. The number of halogens is 1. The highest BCUT2D eigenvalue weighted by Gasteiger charge is 2.18. The van der Waals surface area contributed by atoms with Gasteiger partial charge in [0.15, 0.2) is 5.82 Å². The Balaban J connectivity index is 2.29. The van der Waals surface area contributed by atoms with E-state index in [2.05, 4.69) is 15.3 Å². The summed E-state index contributed by atoms with van der Waals surface area (Å²) in [5.74, 6) is 0.655. The highest BCUT2D eigenvalue weighted by molar-refractivity contribution is 6.28. The molecule has 0 aromatic carbocycles. The maximum Gasteiger partial charge on any atom is 0.224 e. The largest absolute Gasteiger partial charge is 0.394 e. The van der Waals surface area contributed by atoms with E-state index in [1.165, 1.54) is 0 Å². The lowest BCUT2D eigenvalue weighted by molar-refractivity contribution is -0.120. The lowest BCUT2D eigenvalue weighted by atomic mass is 10.3. The number of hydrogen-bond acceptors (Lipinski definition) is 5. The molecule has 0 radical (unpaired) electrons. The summed E-state index contributed by atoms with van der Waals surface area (Å²) in [6, 6.07) is 0. The third-order valence-corrected chi connectivity index (χ3v) is 2.87. The molecule has 2 rings (SSSR count). The minimum Gasteiger partial charge on any atom is -0.394 e. The van der Waals surface area contributed by atoms with Gasteiger partial charge in [0.25, 0.3) is 0 Å². The molecule has 0 atom stereocenters. The summed E-state index contributed by atoms with van der Waals surface area (Å²) >= 11 is 5.82. The Bertz CT molecular complexity index is 451. The standard InChI is InChI=1S/C10H14ClN5O/c1-6-8(12)9(15-10(11)14-6)16-4-2-7(17)13-3-5-16/h2-5,12H2,1H3,(H,13,17). The molecular weight excluding hydrogens is 242 g/mol. The number of nitrogen functional groups attached to an aromatic ring is 1. The zero-order valence-corrected chi connectivity index (χ0v) is 10.3. The molecule has 2 heterocycles. The molecular formula is C10H14ClN5O. The van der Waals surface area contributed by atoms with E-state index in [0.29, 0.717) is 43.3 Å². The summed E-state index contributed by atoms with van der Waals surface area (Å²) < 4.78 is 0. The molecule has 0 bridgehead atoms. The average Bonchev–Trinajstić information content (AvgIpc) is 2.48. The Morgan fingerprint density at radius 2 is 2.18 bits per heavy atom. The Kier molecular flexibility index (Phi) is 3.33. The van der Waals surface area contributed by atoms with Crippen LogP contribution in [0.2, 0.25) is 5.28 Å². The molecule has 0 aliphatic carbocycles. The van der Waals surface area contributed by atoms with E-state index < -0.39 is 0 Å². The van der Waals surface area contributed by atoms with Crippen molar-refractivity contribution in [3.05, 3.63) is 11.0 Å². The Hall–Kier alpha value is -1.56. The molecule has 1 aromatic rings. The quantitative estimate of drug-likeness (QED) is 0.708. The van der Waals surface area contributed by atoms with Crippen molar-refractivity contribution in [2.24, 2.45) is 0 Å². The number of nitrogens with one attached hydrogen (secondary N) is 1. The number of rotatable bonds is 1. The molecule has 1 fully saturated rings. The zero-order chi connectivity index (χ0) is 12.4. The Morgan fingerprint density at radius 1 is 1.41 bits per heavy atom. The van der Waals surface area contributed by atoms with Crippen molar-refractivity contribution >= 4 is 29.0 Å². The van der Waals surface area contributed by atoms with Crippen LogP contribution < -0.4 is 16.0 Å². The van der Waals surface area contributed by atoms with Crippen LogP contribution in [0.15, 0.2) is 0 Å². The van der Waals surface area contributed by atoms with E-state index in [0.717, 1.165) is 0 Å². The first kappa shape index (κ1) is 11.9. The van der Waals surface area contributed by atoms with Crippen molar-refractivity contribution in [2.75, 3.05) is 30.3 Å². The molecule has 3 N–H and O–H groups in total. The number of anilines is 2. The molecule has 6 nitrogen and oxygen atoms in total. The smallest absolute Gasteiger partial charge is 0.224 e. The summed E-state index contributed by atoms with van der Waals surface area (Å²) in [7, 11) is 0. The Morgan fingerprint density at radius 3 is 2.94 bits per heavy atom. The molecule has 1 aliphatic heterocycles. The fourth-order valence-corrected chi connectivity index (χ4v) is 1.96. The van der Waals surface area contributed by atoms with Gasteiger partial charge in [0, 0.05) is 26.1 Å². The van der Waals surface area contributed by atoms with E-state index in [1.54, 1.807) is 6.92 Å². The highest BCUT2D eigenvalue weighted by Crippen LogP contribution is 2.24. The molecule has 1 aromatic heterocycles. The van der Waals surface area contributed by atoms with E-state index in [4.69, 9.17) is 17.3 Å². The van der Waals surface area contributed by atoms with Gasteiger partial charge in [-0.15, -0.1) is 0 Å². The summed E-state index contributed by atoms with van der Waals surface area (Å²) in [5, 5.41) is 2.97. The lowest BCUT2D eigenvalue weighted by Gasteiger charge is -2.22. The van der Waals surface area contributed by atoms with Crippen molar-refractivity contribution in [3.8, 4) is 0 Å². The molecule has 1 aliphatic rings. The van der Waals surface area contributed by atoms with Crippen LogP contribution in [0.1, 0.15) is 12.1 Å². The highest BCUT2D eigenvalue weighted by atomic mass is 35.5. The second kappa shape index (κ2) is 4.75. The molecule has 1 saturated heterocycles. The van der Waals surface area contributed by atoms with Crippen LogP contribution in [0.25, 0.3) is 0 Å². The summed E-state index contributed by atoms with van der Waals surface area (Å²) in [5.41, 5.74) is 7.11. The number of carbonyl (C=O) groups excluding carboxylic acids is 1. The zero-order valence-electron chi connectivity index (χ0n) is 9.53. The van der Waals surface area contributed by atoms with Crippen LogP contribution >= 0.6 is 11.6 Å². The van der Waals surface area contributed by atoms with Gasteiger partial charge in [0.2, 0.25) is 11.2 Å². The predicted molar refractivity (Wildman–Crippen MR) is 66.0 cm³/mol. The van der Waals surface area contributed by atoms with Crippen molar-refractivity contribution in [1.82, 2.24) is 15.3 Å². The van der Waals surface area contributed by atoms with E-state index in [1.807, 2.05) is 4.90 Å². The van der Waals surface area contributed by atoms with Gasteiger partial charge in [-0.1, -0.05) is 0 Å². The molecule has 0 saturated carbocycles. The first-order chi connectivity index (χ1) is 8.08. The van der Waals surface area contributed by atoms with Gasteiger partial charge in [-0.05, 0) is 18.5 Å². The summed E-state index contributed by atoms with van der Waals surface area (Å²) in [4.78, 5) is 21.3. The minimum atomic E-state index is 0.0444. The molecule has 92 valence electrons. The second-order valence-corrected chi connectivity index (χ2v) is 4.24. The van der Waals surface area contributed by atoms with Crippen LogP contribution in [0.3, 0.4) is 0 Å². The van der Waals surface area contributed by atoms with E-state index >= 15 is 0 Å². The molecule has 0 spiro atoms.